The van der Waals surface area contributed by atoms with Crippen LogP contribution in [0.4, 0.5) is 0 Å². The molecule has 0 amide bonds. The van der Waals surface area contributed by atoms with Crippen LogP contribution in [-0.4, -0.2) is 29.7 Å². The molecule has 92 valence electrons. The van der Waals surface area contributed by atoms with Gasteiger partial charge in [0.1, 0.15) is 0 Å². The van der Waals surface area contributed by atoms with Crippen molar-refractivity contribution in [3.05, 3.63) is 41.5 Å². The number of rotatable bonds is 5. The second kappa shape index (κ2) is 6.58. The highest BCUT2D eigenvalue weighted by Crippen LogP contribution is 2.14. The maximum atomic E-state index is 8.73. The Kier molecular flexibility index (Phi) is 4.77. The summed E-state index contributed by atoms with van der Waals surface area (Å²) < 4.78 is 0. The van der Waals surface area contributed by atoms with E-state index in [0.29, 0.717) is 0 Å². The van der Waals surface area contributed by atoms with Crippen molar-refractivity contribution in [3.63, 3.8) is 0 Å². The van der Waals surface area contributed by atoms with E-state index in [4.69, 9.17) is 5.11 Å². The molecular weight excluding hydrogens is 210 g/mol. The van der Waals surface area contributed by atoms with E-state index in [-0.39, 0.29) is 6.61 Å². The van der Waals surface area contributed by atoms with Gasteiger partial charge in [-0.2, -0.15) is 0 Å². The molecule has 2 nitrogen and oxygen atoms in total. The third-order valence-corrected chi connectivity index (χ3v) is 3.16. The first-order valence-corrected chi connectivity index (χ1v) is 6.47. The molecule has 1 aromatic carbocycles. The molecule has 1 aromatic rings. The van der Waals surface area contributed by atoms with Crippen LogP contribution in [0.5, 0.6) is 0 Å². The first kappa shape index (κ1) is 12.3. The van der Waals surface area contributed by atoms with E-state index in [9.17, 15) is 0 Å². The van der Waals surface area contributed by atoms with Crippen molar-refractivity contribution < 1.29 is 5.11 Å². The number of aliphatic hydroxyl groups is 1. The van der Waals surface area contributed by atoms with Gasteiger partial charge in [0.05, 0.1) is 0 Å². The van der Waals surface area contributed by atoms with Crippen molar-refractivity contribution in [2.75, 3.05) is 19.7 Å². The van der Waals surface area contributed by atoms with Crippen LogP contribution in [0.15, 0.2) is 30.3 Å². The van der Waals surface area contributed by atoms with Gasteiger partial charge in [-0.05, 0) is 43.5 Å². The molecule has 1 heterocycles. The molecule has 1 fully saturated rings. The number of likely N-dealkylation sites (tertiary alicyclic amines) is 1. The Balaban J connectivity index is 1.95. The first-order valence-electron chi connectivity index (χ1n) is 6.47. The second-order valence-electron chi connectivity index (χ2n) is 4.64. The number of nitrogens with zero attached hydrogens (tertiary/aromatic N) is 1. The number of aliphatic hydroxyl groups excluding tert-OH is 1. The number of hydrogen-bond donors (Lipinski definition) is 1. The molecule has 0 bridgehead atoms. The van der Waals surface area contributed by atoms with Crippen LogP contribution in [0, 0.1) is 0 Å². The fraction of sp³-hybridized carbons (Fsp3) is 0.467. The standard InChI is InChI=1S/C15H21NO/c17-11-4-1-6-14-7-5-8-15(12-14)13-16-9-2-3-10-16/h1,5-8,12,17H,2-4,9-11,13H2. The monoisotopic (exact) mass is 231 g/mol. The average molecular weight is 231 g/mol. The molecule has 17 heavy (non-hydrogen) atoms. The predicted octanol–water partition coefficient (Wildman–Crippen LogP) is 2.68. The fourth-order valence-corrected chi connectivity index (χ4v) is 2.29. The highest BCUT2D eigenvalue weighted by Gasteiger charge is 2.11. The van der Waals surface area contributed by atoms with Gasteiger partial charge in [-0.1, -0.05) is 36.4 Å². The summed E-state index contributed by atoms with van der Waals surface area (Å²) in [5.74, 6) is 0. The van der Waals surface area contributed by atoms with E-state index in [0.717, 1.165) is 13.0 Å². The number of hydrogen-bond acceptors (Lipinski definition) is 2. The van der Waals surface area contributed by atoms with Crippen LogP contribution < -0.4 is 0 Å². The zero-order valence-corrected chi connectivity index (χ0v) is 10.3. The second-order valence-corrected chi connectivity index (χ2v) is 4.64. The summed E-state index contributed by atoms with van der Waals surface area (Å²) >= 11 is 0. The third-order valence-electron chi connectivity index (χ3n) is 3.16. The predicted molar refractivity (Wildman–Crippen MR) is 71.7 cm³/mol. The van der Waals surface area contributed by atoms with Crippen molar-refractivity contribution >= 4 is 6.08 Å². The van der Waals surface area contributed by atoms with Gasteiger partial charge in [0.15, 0.2) is 0 Å². The molecule has 2 heteroatoms. The van der Waals surface area contributed by atoms with Crippen LogP contribution in [0.3, 0.4) is 0 Å². The third kappa shape index (κ3) is 3.99. The van der Waals surface area contributed by atoms with Crippen molar-refractivity contribution in [1.29, 1.82) is 0 Å². The van der Waals surface area contributed by atoms with E-state index in [2.05, 4.69) is 35.2 Å². The molecule has 2 rings (SSSR count). The Labute approximate surface area is 104 Å². The molecule has 0 spiro atoms. The van der Waals surface area contributed by atoms with Crippen molar-refractivity contribution in [2.24, 2.45) is 0 Å². The Morgan fingerprint density at radius 3 is 2.82 bits per heavy atom. The lowest BCUT2D eigenvalue weighted by atomic mass is 10.1. The Morgan fingerprint density at radius 1 is 1.24 bits per heavy atom. The van der Waals surface area contributed by atoms with E-state index in [1.807, 2.05) is 6.08 Å². The lowest BCUT2D eigenvalue weighted by Gasteiger charge is -2.14. The zero-order chi connectivity index (χ0) is 11.9. The molecule has 0 atom stereocenters. The quantitative estimate of drug-likeness (QED) is 0.842. The Morgan fingerprint density at radius 2 is 2.06 bits per heavy atom. The average Bonchev–Trinajstić information content (AvgIpc) is 2.83. The van der Waals surface area contributed by atoms with Gasteiger partial charge in [0, 0.05) is 13.2 Å². The molecule has 0 saturated carbocycles. The lowest BCUT2D eigenvalue weighted by molar-refractivity contribution is 0.303. The van der Waals surface area contributed by atoms with Gasteiger partial charge in [0.25, 0.3) is 0 Å². The van der Waals surface area contributed by atoms with Crippen LogP contribution in [0.25, 0.3) is 6.08 Å². The maximum absolute atomic E-state index is 8.73. The van der Waals surface area contributed by atoms with Crippen LogP contribution >= 0.6 is 0 Å². The largest absolute Gasteiger partial charge is 0.396 e. The van der Waals surface area contributed by atoms with Gasteiger partial charge in [-0.3, -0.25) is 4.90 Å². The van der Waals surface area contributed by atoms with Gasteiger partial charge in [0.2, 0.25) is 0 Å². The lowest BCUT2D eigenvalue weighted by Crippen LogP contribution is -2.18. The molecule has 0 unspecified atom stereocenters. The maximum Gasteiger partial charge on any atom is 0.0465 e. The van der Waals surface area contributed by atoms with Crippen molar-refractivity contribution in [1.82, 2.24) is 4.90 Å². The van der Waals surface area contributed by atoms with E-state index in [1.165, 1.54) is 37.1 Å². The van der Waals surface area contributed by atoms with E-state index >= 15 is 0 Å². The normalized spacial score (nSPS) is 17.0. The molecule has 1 aliphatic rings. The summed E-state index contributed by atoms with van der Waals surface area (Å²) in [6.45, 7) is 3.78. The van der Waals surface area contributed by atoms with Crippen molar-refractivity contribution in [3.8, 4) is 0 Å². The highest BCUT2D eigenvalue weighted by molar-refractivity contribution is 5.50. The minimum absolute atomic E-state index is 0.226. The fourth-order valence-electron chi connectivity index (χ4n) is 2.29. The number of benzene rings is 1. The van der Waals surface area contributed by atoms with E-state index in [1.54, 1.807) is 0 Å². The summed E-state index contributed by atoms with van der Waals surface area (Å²) in [7, 11) is 0. The van der Waals surface area contributed by atoms with Crippen molar-refractivity contribution in [2.45, 2.75) is 25.8 Å². The molecule has 0 aliphatic carbocycles. The molecule has 1 N–H and O–H groups in total. The minimum Gasteiger partial charge on any atom is -0.396 e. The van der Waals surface area contributed by atoms with Gasteiger partial charge in [-0.15, -0.1) is 0 Å². The van der Waals surface area contributed by atoms with Gasteiger partial charge >= 0.3 is 0 Å². The smallest absolute Gasteiger partial charge is 0.0465 e. The summed E-state index contributed by atoms with van der Waals surface area (Å²) in [6, 6.07) is 8.67. The summed E-state index contributed by atoms with van der Waals surface area (Å²) in [5.41, 5.74) is 2.62. The highest BCUT2D eigenvalue weighted by atomic mass is 16.2. The first-order chi connectivity index (χ1) is 8.38. The topological polar surface area (TPSA) is 23.5 Å². The van der Waals surface area contributed by atoms with Crippen LogP contribution in [0.1, 0.15) is 30.4 Å². The summed E-state index contributed by atoms with van der Waals surface area (Å²) in [5, 5.41) is 8.73. The van der Waals surface area contributed by atoms with Gasteiger partial charge in [-0.25, -0.2) is 0 Å². The molecule has 0 radical (unpaired) electrons. The SMILES string of the molecule is OCCC=Cc1cccc(CN2CCCC2)c1. The molecule has 1 saturated heterocycles. The molecule has 0 aromatic heterocycles. The van der Waals surface area contributed by atoms with Crippen LogP contribution in [-0.2, 0) is 6.54 Å². The summed E-state index contributed by atoms with van der Waals surface area (Å²) in [4.78, 5) is 2.51. The summed E-state index contributed by atoms with van der Waals surface area (Å²) in [6.07, 6.45) is 7.53. The zero-order valence-electron chi connectivity index (χ0n) is 10.3. The minimum atomic E-state index is 0.226. The Bertz CT molecular complexity index is 367. The van der Waals surface area contributed by atoms with Crippen LogP contribution in [0.2, 0.25) is 0 Å². The Hall–Kier alpha value is -1.12. The van der Waals surface area contributed by atoms with E-state index < -0.39 is 0 Å². The molecular formula is C15H21NO. The molecule has 1 aliphatic heterocycles. The van der Waals surface area contributed by atoms with Gasteiger partial charge < -0.3 is 5.11 Å².